The highest BCUT2D eigenvalue weighted by molar-refractivity contribution is 4.78. The van der Waals surface area contributed by atoms with Crippen LogP contribution in [0.4, 0.5) is 0 Å². The highest BCUT2D eigenvalue weighted by Crippen LogP contribution is 2.15. The maximum atomic E-state index is 5.29. The van der Waals surface area contributed by atoms with Crippen molar-refractivity contribution >= 4 is 0 Å². The summed E-state index contributed by atoms with van der Waals surface area (Å²) in [5, 5.41) is 3.52. The molecule has 1 saturated heterocycles. The van der Waals surface area contributed by atoms with Gasteiger partial charge in [-0.2, -0.15) is 0 Å². The molecule has 2 atom stereocenters. The number of rotatable bonds is 6. The minimum Gasteiger partial charge on any atom is -0.380 e. The lowest BCUT2D eigenvalue weighted by Crippen LogP contribution is -2.33. The number of nitrogens with zero attached hydrogens (tertiary/aromatic N) is 1. The lowest BCUT2D eigenvalue weighted by molar-refractivity contribution is 0.0839. The van der Waals surface area contributed by atoms with E-state index in [4.69, 9.17) is 4.74 Å². The Morgan fingerprint density at radius 1 is 1.40 bits per heavy atom. The Bertz CT molecular complexity index is 173. The van der Waals surface area contributed by atoms with Crippen LogP contribution in [-0.2, 0) is 4.74 Å². The molecular formula is C12H26N2O. The van der Waals surface area contributed by atoms with E-state index >= 15 is 0 Å². The van der Waals surface area contributed by atoms with Gasteiger partial charge < -0.3 is 15.0 Å². The maximum absolute atomic E-state index is 5.29. The zero-order valence-corrected chi connectivity index (χ0v) is 10.6. The molecule has 3 heteroatoms. The van der Waals surface area contributed by atoms with E-state index in [2.05, 4.69) is 31.0 Å². The Kier molecular flexibility index (Phi) is 5.58. The molecule has 0 radical (unpaired) electrons. The lowest BCUT2D eigenvalue weighted by atomic mass is 10.1. The molecule has 1 fully saturated rings. The van der Waals surface area contributed by atoms with Gasteiger partial charge in [0.15, 0.2) is 0 Å². The van der Waals surface area contributed by atoms with Crippen LogP contribution < -0.4 is 5.32 Å². The quantitative estimate of drug-likeness (QED) is 0.722. The van der Waals surface area contributed by atoms with Gasteiger partial charge in [0, 0.05) is 26.2 Å². The molecule has 1 aliphatic rings. The molecule has 1 aliphatic heterocycles. The Morgan fingerprint density at radius 3 is 2.73 bits per heavy atom. The summed E-state index contributed by atoms with van der Waals surface area (Å²) in [7, 11) is 1.79. The first-order valence-electron chi connectivity index (χ1n) is 6.10. The van der Waals surface area contributed by atoms with E-state index in [1.165, 1.54) is 19.5 Å². The van der Waals surface area contributed by atoms with Crippen LogP contribution in [0.15, 0.2) is 0 Å². The molecule has 1 rings (SSSR count). The fourth-order valence-corrected chi connectivity index (χ4v) is 2.09. The number of hydrogen-bond acceptors (Lipinski definition) is 3. The minimum absolute atomic E-state index is 0.363. The molecule has 0 saturated carbocycles. The fourth-order valence-electron chi connectivity index (χ4n) is 2.09. The smallest absolute Gasteiger partial charge is 0.0670 e. The van der Waals surface area contributed by atoms with Crippen molar-refractivity contribution in [3.8, 4) is 0 Å². The minimum atomic E-state index is 0.363. The van der Waals surface area contributed by atoms with Crippen molar-refractivity contribution in [2.45, 2.75) is 39.3 Å². The first-order chi connectivity index (χ1) is 7.11. The van der Waals surface area contributed by atoms with Crippen LogP contribution >= 0.6 is 0 Å². The SMILES string of the molecule is COC(C)CN1CCC(CNC(C)C)C1. The molecule has 0 aliphatic carbocycles. The largest absolute Gasteiger partial charge is 0.380 e. The Morgan fingerprint density at radius 2 is 2.13 bits per heavy atom. The van der Waals surface area contributed by atoms with Crippen LogP contribution in [0.3, 0.4) is 0 Å². The van der Waals surface area contributed by atoms with Crippen LogP contribution in [0.5, 0.6) is 0 Å². The van der Waals surface area contributed by atoms with Gasteiger partial charge in [-0.25, -0.2) is 0 Å². The lowest BCUT2D eigenvalue weighted by Gasteiger charge is -2.20. The predicted octanol–water partition coefficient (Wildman–Crippen LogP) is 1.34. The molecule has 0 aromatic rings. The second-order valence-electron chi connectivity index (χ2n) is 5.02. The van der Waals surface area contributed by atoms with Gasteiger partial charge in [0.25, 0.3) is 0 Å². The molecule has 3 nitrogen and oxygen atoms in total. The zero-order valence-electron chi connectivity index (χ0n) is 10.6. The highest BCUT2D eigenvalue weighted by atomic mass is 16.5. The van der Waals surface area contributed by atoms with Gasteiger partial charge in [-0.05, 0) is 32.4 Å². The van der Waals surface area contributed by atoms with Gasteiger partial charge in [0.1, 0.15) is 0 Å². The third-order valence-electron chi connectivity index (χ3n) is 3.10. The van der Waals surface area contributed by atoms with Crippen molar-refractivity contribution in [3.05, 3.63) is 0 Å². The highest BCUT2D eigenvalue weighted by Gasteiger charge is 2.23. The van der Waals surface area contributed by atoms with E-state index in [0.717, 1.165) is 19.0 Å². The summed E-state index contributed by atoms with van der Waals surface area (Å²) in [6.07, 6.45) is 1.69. The van der Waals surface area contributed by atoms with E-state index in [-0.39, 0.29) is 0 Å². The number of nitrogens with one attached hydrogen (secondary N) is 1. The van der Waals surface area contributed by atoms with Crippen molar-refractivity contribution < 1.29 is 4.74 Å². The molecule has 0 amide bonds. The predicted molar refractivity (Wildman–Crippen MR) is 64.2 cm³/mol. The summed E-state index contributed by atoms with van der Waals surface area (Å²) in [6.45, 7) is 11.3. The van der Waals surface area contributed by atoms with Crippen LogP contribution in [0, 0.1) is 5.92 Å². The summed E-state index contributed by atoms with van der Waals surface area (Å²) in [5.74, 6) is 0.830. The second-order valence-corrected chi connectivity index (χ2v) is 5.02. The molecule has 2 unspecified atom stereocenters. The Hall–Kier alpha value is -0.120. The summed E-state index contributed by atoms with van der Waals surface area (Å²) >= 11 is 0. The van der Waals surface area contributed by atoms with Gasteiger partial charge in [0.2, 0.25) is 0 Å². The second kappa shape index (κ2) is 6.46. The van der Waals surface area contributed by atoms with Crippen LogP contribution in [-0.4, -0.2) is 50.3 Å². The van der Waals surface area contributed by atoms with Crippen LogP contribution in [0.2, 0.25) is 0 Å². The van der Waals surface area contributed by atoms with Gasteiger partial charge in [-0.1, -0.05) is 13.8 Å². The van der Waals surface area contributed by atoms with Crippen LogP contribution in [0.1, 0.15) is 27.2 Å². The van der Waals surface area contributed by atoms with Crippen molar-refractivity contribution in [1.82, 2.24) is 10.2 Å². The van der Waals surface area contributed by atoms with Gasteiger partial charge in [-0.3, -0.25) is 0 Å². The third-order valence-corrected chi connectivity index (χ3v) is 3.10. The first-order valence-corrected chi connectivity index (χ1v) is 6.10. The Labute approximate surface area is 94.2 Å². The molecule has 1 heterocycles. The number of methoxy groups -OCH3 is 1. The molecule has 0 aromatic heterocycles. The maximum Gasteiger partial charge on any atom is 0.0670 e. The molecular weight excluding hydrogens is 188 g/mol. The molecule has 1 N–H and O–H groups in total. The molecule has 15 heavy (non-hydrogen) atoms. The molecule has 90 valence electrons. The van der Waals surface area contributed by atoms with Gasteiger partial charge in [-0.15, -0.1) is 0 Å². The van der Waals surface area contributed by atoms with E-state index in [9.17, 15) is 0 Å². The normalized spacial score (nSPS) is 25.0. The standard InChI is InChI=1S/C12H26N2O/c1-10(2)13-7-12-5-6-14(9-12)8-11(3)15-4/h10-13H,5-9H2,1-4H3. The zero-order chi connectivity index (χ0) is 11.3. The van der Waals surface area contributed by atoms with E-state index in [1.807, 2.05) is 0 Å². The van der Waals surface area contributed by atoms with E-state index < -0.39 is 0 Å². The van der Waals surface area contributed by atoms with Crippen molar-refractivity contribution in [1.29, 1.82) is 0 Å². The summed E-state index contributed by atoms with van der Waals surface area (Å²) in [4.78, 5) is 2.51. The molecule has 0 bridgehead atoms. The van der Waals surface area contributed by atoms with Crippen molar-refractivity contribution in [3.63, 3.8) is 0 Å². The third kappa shape index (κ3) is 4.96. The average molecular weight is 214 g/mol. The topological polar surface area (TPSA) is 24.5 Å². The van der Waals surface area contributed by atoms with E-state index in [0.29, 0.717) is 12.1 Å². The molecule has 0 aromatic carbocycles. The number of ether oxygens (including phenoxy) is 1. The fraction of sp³-hybridized carbons (Fsp3) is 1.00. The molecule has 0 spiro atoms. The van der Waals surface area contributed by atoms with Crippen molar-refractivity contribution in [2.24, 2.45) is 5.92 Å². The van der Waals surface area contributed by atoms with Crippen LogP contribution in [0.25, 0.3) is 0 Å². The summed E-state index contributed by atoms with van der Waals surface area (Å²) < 4.78 is 5.29. The number of hydrogen-bond donors (Lipinski definition) is 1. The van der Waals surface area contributed by atoms with E-state index in [1.54, 1.807) is 7.11 Å². The summed E-state index contributed by atoms with van der Waals surface area (Å²) in [6, 6.07) is 0.608. The monoisotopic (exact) mass is 214 g/mol. The Balaban J connectivity index is 2.15. The van der Waals surface area contributed by atoms with Gasteiger partial charge >= 0.3 is 0 Å². The van der Waals surface area contributed by atoms with Gasteiger partial charge in [0.05, 0.1) is 6.10 Å². The average Bonchev–Trinajstić information content (AvgIpc) is 2.62. The van der Waals surface area contributed by atoms with Crippen molar-refractivity contribution in [2.75, 3.05) is 33.3 Å². The number of likely N-dealkylation sites (tertiary alicyclic amines) is 1. The first kappa shape index (κ1) is 12.9. The summed E-state index contributed by atoms with van der Waals surface area (Å²) in [5.41, 5.74) is 0.